The van der Waals surface area contributed by atoms with Crippen molar-refractivity contribution in [2.24, 2.45) is 11.1 Å². The Balaban J connectivity index is 1.98. The summed E-state index contributed by atoms with van der Waals surface area (Å²) in [5.74, 6) is 7.32. The van der Waals surface area contributed by atoms with E-state index < -0.39 is 17.9 Å². The fraction of sp³-hybridized carbons (Fsp3) is 0.500. The molecule has 4 heteroatoms. The van der Waals surface area contributed by atoms with Crippen LogP contribution in [0, 0.1) is 5.92 Å². The molecule has 2 atom stereocenters. The quantitative estimate of drug-likeness (QED) is 0.786. The van der Waals surface area contributed by atoms with Crippen LogP contribution in [0.15, 0.2) is 35.5 Å². The minimum absolute atomic E-state index is 0.319. The Morgan fingerprint density at radius 1 is 1.22 bits per heavy atom. The second-order valence-electron chi connectivity index (χ2n) is 6.04. The third kappa shape index (κ3) is 1.64. The van der Waals surface area contributed by atoms with Crippen LogP contribution in [0.1, 0.15) is 12.0 Å². The Kier molecular flexibility index (Phi) is 2.79. The first-order valence-electron chi connectivity index (χ1n) is 6.50. The van der Waals surface area contributed by atoms with E-state index in [0.29, 0.717) is 5.92 Å². The molecule has 0 bridgehead atoms. The third-order valence-electron chi connectivity index (χ3n) is 3.91. The number of fused-ring (bicyclic) bond motifs is 1. The molecule has 0 aromatic heterocycles. The molecule has 1 saturated heterocycles. The van der Waals surface area contributed by atoms with Crippen LogP contribution >= 0.6 is 0 Å². The Bertz CT molecular complexity index is 480. The molecule has 0 N–H and O–H groups in total. The fourth-order valence-corrected chi connectivity index (χ4v) is 7.52. The molecule has 0 spiro atoms. The summed E-state index contributed by atoms with van der Waals surface area (Å²) in [7, 11) is 0. The maximum atomic E-state index is 6.03. The van der Waals surface area contributed by atoms with Gasteiger partial charge in [-0.1, -0.05) is 0 Å². The van der Waals surface area contributed by atoms with Gasteiger partial charge in [0.25, 0.3) is 0 Å². The Hall–Kier alpha value is -0.807. The van der Waals surface area contributed by atoms with Crippen LogP contribution < -0.4 is 0 Å². The molecule has 0 amide bonds. The van der Waals surface area contributed by atoms with Crippen molar-refractivity contribution >= 4 is 19.0 Å². The summed E-state index contributed by atoms with van der Waals surface area (Å²) in [6.45, 7) is 0.791. The summed E-state index contributed by atoms with van der Waals surface area (Å²) in [6, 6.07) is 10.3. The van der Waals surface area contributed by atoms with Gasteiger partial charge in [-0.15, -0.1) is 0 Å². The molecule has 2 aliphatic rings. The van der Waals surface area contributed by atoms with Gasteiger partial charge in [0, 0.05) is 0 Å². The van der Waals surface area contributed by atoms with Gasteiger partial charge < -0.3 is 0 Å². The van der Waals surface area contributed by atoms with Crippen LogP contribution in [0.5, 0.6) is 0 Å². The molecule has 96 valence electrons. The normalized spacial score (nSPS) is 30.8. The van der Waals surface area contributed by atoms with Gasteiger partial charge in [-0.2, -0.15) is 0 Å². The van der Waals surface area contributed by atoms with Gasteiger partial charge in [-0.3, -0.25) is 0 Å². The standard InChI is InChI=1S/C14H19GeNO2/c1-15(2,3)14-12(9-10-17-14)13(16-18-14)11-7-5-4-6-8-11/h4-8,12H,9-10H2,1-3H3. The van der Waals surface area contributed by atoms with Crippen molar-refractivity contribution < 1.29 is 9.57 Å². The summed E-state index contributed by atoms with van der Waals surface area (Å²) in [5.41, 5.74) is 2.25. The van der Waals surface area contributed by atoms with Gasteiger partial charge in [-0.05, 0) is 0 Å². The monoisotopic (exact) mass is 307 g/mol. The average molecular weight is 306 g/mol. The van der Waals surface area contributed by atoms with E-state index >= 15 is 0 Å². The van der Waals surface area contributed by atoms with Gasteiger partial charge in [0.2, 0.25) is 0 Å². The Morgan fingerprint density at radius 2 is 1.94 bits per heavy atom. The van der Waals surface area contributed by atoms with E-state index in [1.54, 1.807) is 0 Å². The van der Waals surface area contributed by atoms with Crippen molar-refractivity contribution in [1.82, 2.24) is 0 Å². The van der Waals surface area contributed by atoms with E-state index in [4.69, 9.17) is 9.57 Å². The van der Waals surface area contributed by atoms with Crippen LogP contribution in [0.25, 0.3) is 0 Å². The van der Waals surface area contributed by atoms with Crippen LogP contribution in [0.2, 0.25) is 17.3 Å². The van der Waals surface area contributed by atoms with Gasteiger partial charge in [-0.25, -0.2) is 0 Å². The van der Waals surface area contributed by atoms with Crippen LogP contribution in [-0.4, -0.2) is 30.2 Å². The maximum absolute atomic E-state index is 6.03. The first kappa shape index (κ1) is 12.2. The molecule has 2 unspecified atom stereocenters. The first-order chi connectivity index (χ1) is 8.55. The third-order valence-corrected chi connectivity index (χ3v) is 9.52. The van der Waals surface area contributed by atoms with Crippen molar-refractivity contribution in [3.05, 3.63) is 35.9 Å². The Morgan fingerprint density at radius 3 is 2.61 bits per heavy atom. The second kappa shape index (κ2) is 4.10. The number of ether oxygens (including phenoxy) is 1. The summed E-state index contributed by atoms with van der Waals surface area (Å²) < 4.78 is 5.63. The second-order valence-corrected chi connectivity index (χ2v) is 16.9. The summed E-state index contributed by atoms with van der Waals surface area (Å²) >= 11 is -2.14. The summed E-state index contributed by atoms with van der Waals surface area (Å²) in [6.07, 6.45) is 1.02. The van der Waals surface area contributed by atoms with E-state index in [-0.39, 0.29) is 0 Å². The van der Waals surface area contributed by atoms with Crippen molar-refractivity contribution in [3.63, 3.8) is 0 Å². The number of benzene rings is 1. The van der Waals surface area contributed by atoms with Crippen molar-refractivity contribution in [2.75, 3.05) is 6.61 Å². The van der Waals surface area contributed by atoms with E-state index in [0.717, 1.165) is 18.7 Å². The van der Waals surface area contributed by atoms with Gasteiger partial charge >= 0.3 is 110 Å². The van der Waals surface area contributed by atoms with Crippen molar-refractivity contribution in [3.8, 4) is 0 Å². The molecule has 2 aliphatic heterocycles. The molecule has 1 aromatic rings. The molecule has 1 aromatic carbocycles. The summed E-state index contributed by atoms with van der Waals surface area (Å²) in [5, 5.41) is 4.37. The number of hydrogen-bond acceptors (Lipinski definition) is 3. The minimum atomic E-state index is -2.14. The van der Waals surface area contributed by atoms with Crippen LogP contribution in [0.4, 0.5) is 0 Å². The van der Waals surface area contributed by atoms with Gasteiger partial charge in [0.15, 0.2) is 0 Å². The van der Waals surface area contributed by atoms with Crippen LogP contribution in [0.3, 0.4) is 0 Å². The van der Waals surface area contributed by atoms with E-state index in [2.05, 4.69) is 34.6 Å². The molecule has 3 nitrogen and oxygen atoms in total. The number of oxime groups is 1. The number of nitrogens with zero attached hydrogens (tertiary/aromatic N) is 1. The predicted octanol–water partition coefficient (Wildman–Crippen LogP) is 3.03. The zero-order valence-electron chi connectivity index (χ0n) is 11.1. The fourth-order valence-electron chi connectivity index (χ4n) is 2.95. The molecule has 1 fully saturated rings. The molecule has 0 aliphatic carbocycles. The SMILES string of the molecule is [CH3][Ge]([CH3])([CH3])[C]12OCCC1C(c1ccccc1)=NO2. The summed E-state index contributed by atoms with van der Waals surface area (Å²) in [4.78, 5) is 5.85. The molecule has 0 radical (unpaired) electrons. The molecule has 18 heavy (non-hydrogen) atoms. The Labute approximate surface area is 111 Å². The zero-order chi connectivity index (χ0) is 12.8. The van der Waals surface area contributed by atoms with Crippen LogP contribution in [-0.2, 0) is 9.57 Å². The van der Waals surface area contributed by atoms with Gasteiger partial charge in [0.1, 0.15) is 0 Å². The first-order valence-corrected chi connectivity index (χ1v) is 13.8. The number of rotatable bonds is 2. The number of hydrogen-bond donors (Lipinski definition) is 0. The van der Waals surface area contributed by atoms with E-state index in [9.17, 15) is 0 Å². The van der Waals surface area contributed by atoms with Gasteiger partial charge in [0.05, 0.1) is 0 Å². The zero-order valence-corrected chi connectivity index (χ0v) is 13.2. The molecule has 3 rings (SSSR count). The molecule has 2 heterocycles. The topological polar surface area (TPSA) is 30.8 Å². The predicted molar refractivity (Wildman–Crippen MR) is 74.2 cm³/mol. The molecular weight excluding hydrogens is 287 g/mol. The average Bonchev–Trinajstić information content (AvgIpc) is 2.87. The molecular formula is C14H19GeNO2. The van der Waals surface area contributed by atoms with Crippen molar-refractivity contribution in [2.45, 2.75) is 28.3 Å². The molecule has 0 saturated carbocycles. The van der Waals surface area contributed by atoms with Crippen molar-refractivity contribution in [1.29, 1.82) is 0 Å². The van der Waals surface area contributed by atoms with E-state index in [1.165, 1.54) is 5.56 Å². The van der Waals surface area contributed by atoms with E-state index in [1.807, 2.05) is 18.2 Å².